The number of urea groups is 1. The van der Waals surface area contributed by atoms with E-state index in [1.165, 1.54) is 4.90 Å². The number of nitrogens with one attached hydrogen (secondary N) is 2. The Kier molecular flexibility index (Phi) is 3.72. The van der Waals surface area contributed by atoms with Crippen molar-refractivity contribution in [2.45, 2.75) is 6.04 Å². The minimum Gasteiger partial charge on any atom is -0.497 e. The summed E-state index contributed by atoms with van der Waals surface area (Å²) in [6.07, 6.45) is 0. The van der Waals surface area contributed by atoms with Crippen LogP contribution in [0.25, 0.3) is 0 Å². The highest BCUT2D eigenvalue weighted by Gasteiger charge is 2.40. The Morgan fingerprint density at radius 3 is 2.95 bits per heavy atom. The van der Waals surface area contributed by atoms with Gasteiger partial charge in [0, 0.05) is 6.54 Å². The highest BCUT2D eigenvalue weighted by molar-refractivity contribution is 6.01. The number of hydrogen-bond acceptors (Lipinski definition) is 4. The molecule has 3 amide bonds. The molecule has 0 aromatic heterocycles. The average Bonchev–Trinajstić information content (AvgIpc) is 2.83. The minimum atomic E-state index is -0.518. The lowest BCUT2D eigenvalue weighted by Gasteiger charge is -2.25. The molecule has 7 nitrogen and oxygen atoms in total. The highest BCUT2D eigenvalue weighted by Crippen LogP contribution is 2.33. The zero-order chi connectivity index (χ0) is 15.7. The number of amides is 3. The molecule has 2 aliphatic heterocycles. The van der Waals surface area contributed by atoms with Gasteiger partial charge in [-0.1, -0.05) is 12.1 Å². The third-order valence-electron chi connectivity index (χ3n) is 3.82. The summed E-state index contributed by atoms with van der Waals surface area (Å²) in [6, 6.07) is 6.39. The Morgan fingerprint density at radius 1 is 1.41 bits per heavy atom. The highest BCUT2D eigenvalue weighted by atomic mass is 16.5. The lowest BCUT2D eigenvalue weighted by molar-refractivity contribution is -0.126. The molecule has 0 unspecified atom stereocenters. The molecule has 3 rings (SSSR count). The van der Waals surface area contributed by atoms with Crippen LogP contribution in [0.1, 0.15) is 11.6 Å². The predicted molar refractivity (Wildman–Crippen MR) is 78.1 cm³/mol. The maximum absolute atomic E-state index is 12.5. The Morgan fingerprint density at radius 2 is 2.23 bits per heavy atom. The van der Waals surface area contributed by atoms with Crippen molar-refractivity contribution >= 4 is 11.9 Å². The van der Waals surface area contributed by atoms with Gasteiger partial charge in [0.05, 0.1) is 37.6 Å². The van der Waals surface area contributed by atoms with Crippen LogP contribution in [0.15, 0.2) is 35.5 Å². The van der Waals surface area contributed by atoms with Crippen LogP contribution in [0.3, 0.4) is 0 Å². The van der Waals surface area contributed by atoms with Gasteiger partial charge in [-0.15, -0.1) is 0 Å². The van der Waals surface area contributed by atoms with E-state index >= 15 is 0 Å². The number of nitrogens with zero attached hydrogens (tertiary/aromatic N) is 1. The van der Waals surface area contributed by atoms with Crippen LogP contribution in [-0.2, 0) is 4.79 Å². The summed E-state index contributed by atoms with van der Waals surface area (Å²) < 4.78 is 5.20. The Labute approximate surface area is 127 Å². The van der Waals surface area contributed by atoms with E-state index in [0.717, 1.165) is 5.56 Å². The second-order valence-corrected chi connectivity index (χ2v) is 5.15. The molecule has 0 radical (unpaired) electrons. The third-order valence-corrected chi connectivity index (χ3v) is 3.82. The van der Waals surface area contributed by atoms with Gasteiger partial charge in [-0.05, 0) is 17.7 Å². The number of hydrogen-bond donors (Lipinski definition) is 3. The summed E-state index contributed by atoms with van der Waals surface area (Å²) in [7, 11) is 1.56. The fourth-order valence-electron chi connectivity index (χ4n) is 2.80. The molecule has 0 fully saturated rings. The topological polar surface area (TPSA) is 90.9 Å². The van der Waals surface area contributed by atoms with Crippen molar-refractivity contribution in [3.8, 4) is 5.75 Å². The number of benzene rings is 1. The fourth-order valence-corrected chi connectivity index (χ4v) is 2.80. The first-order chi connectivity index (χ1) is 10.6. The van der Waals surface area contributed by atoms with Crippen LogP contribution in [0.5, 0.6) is 5.75 Å². The van der Waals surface area contributed by atoms with E-state index in [1.54, 1.807) is 19.2 Å². The first-order valence-corrected chi connectivity index (χ1v) is 6.98. The molecule has 7 heteroatoms. The van der Waals surface area contributed by atoms with Gasteiger partial charge >= 0.3 is 6.03 Å². The smallest absolute Gasteiger partial charge is 0.319 e. The molecule has 0 saturated heterocycles. The van der Waals surface area contributed by atoms with Crippen LogP contribution in [0.2, 0.25) is 0 Å². The molecule has 2 aliphatic rings. The monoisotopic (exact) mass is 303 g/mol. The summed E-state index contributed by atoms with van der Waals surface area (Å²) in [5, 5.41) is 14.5. The SMILES string of the molecule is COc1cccc([C@H]2NC(=O)NC3=C2C(=O)N(CCO)C3)c1. The molecule has 2 heterocycles. The molecule has 0 saturated carbocycles. The molecule has 22 heavy (non-hydrogen) atoms. The van der Waals surface area contributed by atoms with Gasteiger partial charge in [-0.2, -0.15) is 0 Å². The minimum absolute atomic E-state index is 0.114. The Bertz CT molecular complexity index is 656. The summed E-state index contributed by atoms with van der Waals surface area (Å²) in [6.45, 7) is 0.437. The maximum atomic E-state index is 12.5. The number of carbonyl (C=O) groups is 2. The molecule has 1 aromatic rings. The molecule has 0 spiro atoms. The van der Waals surface area contributed by atoms with Crippen molar-refractivity contribution < 1.29 is 19.4 Å². The molecule has 0 aliphatic carbocycles. The van der Waals surface area contributed by atoms with E-state index in [0.29, 0.717) is 23.6 Å². The molecule has 0 bridgehead atoms. The number of carbonyl (C=O) groups excluding carboxylic acids is 2. The second-order valence-electron chi connectivity index (χ2n) is 5.15. The third kappa shape index (κ3) is 2.39. The Balaban J connectivity index is 1.98. The summed E-state index contributed by atoms with van der Waals surface area (Å²) >= 11 is 0. The van der Waals surface area contributed by atoms with Gasteiger partial charge in [-0.25, -0.2) is 4.79 Å². The second kappa shape index (κ2) is 5.69. The molecular formula is C15H17N3O4. The summed E-state index contributed by atoms with van der Waals surface area (Å²) in [5.74, 6) is 0.481. The van der Waals surface area contributed by atoms with Crippen LogP contribution in [-0.4, -0.2) is 48.8 Å². The van der Waals surface area contributed by atoms with Gasteiger partial charge in [-0.3, -0.25) is 4.79 Å². The van der Waals surface area contributed by atoms with E-state index in [2.05, 4.69) is 10.6 Å². The number of aliphatic hydroxyl groups excluding tert-OH is 1. The number of rotatable bonds is 4. The molecule has 116 valence electrons. The van der Waals surface area contributed by atoms with Crippen molar-refractivity contribution in [3.05, 3.63) is 41.1 Å². The molecule has 1 aromatic carbocycles. The first-order valence-electron chi connectivity index (χ1n) is 6.98. The first kappa shape index (κ1) is 14.4. The summed E-state index contributed by atoms with van der Waals surface area (Å²) in [4.78, 5) is 25.9. The van der Waals surface area contributed by atoms with E-state index in [4.69, 9.17) is 9.84 Å². The number of aliphatic hydroxyl groups is 1. The van der Waals surface area contributed by atoms with Crippen LogP contribution in [0, 0.1) is 0 Å². The van der Waals surface area contributed by atoms with Gasteiger partial charge in [0.15, 0.2) is 0 Å². The quantitative estimate of drug-likeness (QED) is 0.738. The van der Waals surface area contributed by atoms with E-state index < -0.39 is 6.04 Å². The average molecular weight is 303 g/mol. The van der Waals surface area contributed by atoms with Crippen molar-refractivity contribution in [2.24, 2.45) is 0 Å². The van der Waals surface area contributed by atoms with Gasteiger partial charge in [0.1, 0.15) is 5.75 Å². The van der Waals surface area contributed by atoms with E-state index in [1.807, 2.05) is 12.1 Å². The standard InChI is InChI=1S/C15H17N3O4/c1-22-10-4-2-3-9(7-10)13-12-11(16-15(21)17-13)8-18(5-6-19)14(12)20/h2-4,7,13,19H,5-6,8H2,1H3,(H2,16,17,21)/t13-/m1/s1. The normalized spacial score (nSPS) is 20.6. The van der Waals surface area contributed by atoms with Crippen molar-refractivity contribution in [2.75, 3.05) is 26.8 Å². The fraction of sp³-hybridized carbons (Fsp3) is 0.333. The number of methoxy groups -OCH3 is 1. The van der Waals surface area contributed by atoms with Crippen LogP contribution < -0.4 is 15.4 Å². The lowest BCUT2D eigenvalue weighted by Crippen LogP contribution is -2.44. The lowest BCUT2D eigenvalue weighted by atomic mass is 9.96. The largest absolute Gasteiger partial charge is 0.497 e. The van der Waals surface area contributed by atoms with E-state index in [9.17, 15) is 9.59 Å². The van der Waals surface area contributed by atoms with Crippen molar-refractivity contribution in [3.63, 3.8) is 0 Å². The number of β-amino-alcohol motifs (C(OH)–C–C–N with tert-alkyl or cyclic N) is 1. The van der Waals surface area contributed by atoms with Crippen LogP contribution >= 0.6 is 0 Å². The van der Waals surface area contributed by atoms with E-state index in [-0.39, 0.29) is 25.1 Å². The maximum Gasteiger partial charge on any atom is 0.319 e. The molecule has 3 N–H and O–H groups in total. The zero-order valence-electron chi connectivity index (χ0n) is 12.1. The molecular weight excluding hydrogens is 286 g/mol. The predicted octanol–water partition coefficient (Wildman–Crippen LogP) is 0.138. The van der Waals surface area contributed by atoms with Gasteiger partial charge < -0.3 is 25.4 Å². The summed E-state index contributed by atoms with van der Waals surface area (Å²) in [5.41, 5.74) is 1.89. The zero-order valence-corrected chi connectivity index (χ0v) is 12.1. The van der Waals surface area contributed by atoms with Crippen LogP contribution in [0.4, 0.5) is 4.79 Å². The van der Waals surface area contributed by atoms with Crippen molar-refractivity contribution in [1.29, 1.82) is 0 Å². The molecule has 1 atom stereocenters. The van der Waals surface area contributed by atoms with Gasteiger partial charge in [0.25, 0.3) is 5.91 Å². The Hall–Kier alpha value is -2.54. The van der Waals surface area contributed by atoms with Crippen molar-refractivity contribution in [1.82, 2.24) is 15.5 Å². The number of ether oxygens (including phenoxy) is 1. The van der Waals surface area contributed by atoms with Gasteiger partial charge in [0.2, 0.25) is 0 Å².